The summed E-state index contributed by atoms with van der Waals surface area (Å²) in [7, 11) is 1.61. The van der Waals surface area contributed by atoms with Crippen LogP contribution < -0.4 is 5.32 Å². The Balaban J connectivity index is 2.81. The highest BCUT2D eigenvalue weighted by Crippen LogP contribution is 2.20. The summed E-state index contributed by atoms with van der Waals surface area (Å²) < 4.78 is 27.2. The van der Waals surface area contributed by atoms with Crippen molar-refractivity contribution in [2.24, 2.45) is 0 Å². The van der Waals surface area contributed by atoms with Crippen LogP contribution in [-0.2, 0) is 19.5 Å². The summed E-state index contributed by atoms with van der Waals surface area (Å²) in [6.45, 7) is 7.08. The molecule has 0 aliphatic carbocycles. The van der Waals surface area contributed by atoms with Gasteiger partial charge in [-0.05, 0) is 44.9 Å². The van der Waals surface area contributed by atoms with Crippen molar-refractivity contribution in [3.8, 4) is 0 Å². The van der Waals surface area contributed by atoms with Gasteiger partial charge in [0.2, 0.25) is 9.05 Å². The molecule has 1 N–H and O–H groups in total. The summed E-state index contributed by atoms with van der Waals surface area (Å²) in [6, 6.07) is 4.88. The molecule has 0 fully saturated rings. The van der Waals surface area contributed by atoms with Gasteiger partial charge >= 0.3 is 6.09 Å². The van der Waals surface area contributed by atoms with Crippen LogP contribution in [0.3, 0.4) is 0 Å². The number of aryl methyl sites for hydroxylation is 1. The molecule has 7 heteroatoms. The van der Waals surface area contributed by atoms with Gasteiger partial charge in [0, 0.05) is 16.4 Å². The summed E-state index contributed by atoms with van der Waals surface area (Å²) in [5.74, 6) is -0.248. The van der Waals surface area contributed by atoms with E-state index in [1.165, 1.54) is 0 Å². The molecule has 5 nitrogen and oxygen atoms in total. The maximum absolute atomic E-state index is 11.6. The maximum Gasteiger partial charge on any atom is 0.412 e. The number of carbonyl (C=O) groups excluding carboxylic acids is 1. The average Bonchev–Trinajstić information content (AvgIpc) is 2.17. The second-order valence-electron chi connectivity index (χ2n) is 5.46. The normalized spacial score (nSPS) is 12.1. The lowest BCUT2D eigenvalue weighted by Gasteiger charge is -2.20. The smallest absolute Gasteiger partial charge is 0.412 e. The first-order chi connectivity index (χ1) is 8.96. The minimum absolute atomic E-state index is 0.248. The second-order valence-corrected chi connectivity index (χ2v) is 8.24. The van der Waals surface area contributed by atoms with Crippen LogP contribution in [0.5, 0.6) is 0 Å². The van der Waals surface area contributed by atoms with Gasteiger partial charge in [0.05, 0.1) is 5.75 Å². The first-order valence-electron chi connectivity index (χ1n) is 5.98. The Morgan fingerprint density at radius 3 is 2.40 bits per heavy atom. The van der Waals surface area contributed by atoms with Gasteiger partial charge in [0.25, 0.3) is 0 Å². The zero-order chi connectivity index (χ0) is 15.6. The van der Waals surface area contributed by atoms with E-state index in [2.05, 4.69) is 5.32 Å². The third kappa shape index (κ3) is 6.25. The number of hydrogen-bond acceptors (Lipinski definition) is 4. The SMILES string of the molecule is Cc1cc(CS(=O)(=O)Cl)ccc1NC(=O)OC(C)(C)C. The largest absolute Gasteiger partial charge is 0.444 e. The Hall–Kier alpha value is -1.27. The lowest BCUT2D eigenvalue weighted by Crippen LogP contribution is -2.27. The number of amides is 1. The van der Waals surface area contributed by atoms with Crippen molar-refractivity contribution in [2.45, 2.75) is 39.0 Å². The number of carbonyl (C=O) groups is 1. The van der Waals surface area contributed by atoms with Gasteiger partial charge in [-0.15, -0.1) is 0 Å². The van der Waals surface area contributed by atoms with Crippen molar-refractivity contribution >= 4 is 31.5 Å². The number of anilines is 1. The Labute approximate surface area is 123 Å². The predicted octanol–water partition coefficient (Wildman–Crippen LogP) is 3.41. The highest BCUT2D eigenvalue weighted by atomic mass is 35.7. The Bertz CT molecular complexity index is 605. The lowest BCUT2D eigenvalue weighted by molar-refractivity contribution is 0.0636. The molecule has 20 heavy (non-hydrogen) atoms. The molecular formula is C13H18ClNO4S. The van der Waals surface area contributed by atoms with Crippen molar-refractivity contribution in [3.05, 3.63) is 29.3 Å². The highest BCUT2D eigenvalue weighted by molar-refractivity contribution is 8.13. The van der Waals surface area contributed by atoms with Crippen molar-refractivity contribution in [2.75, 3.05) is 5.32 Å². The molecule has 0 saturated heterocycles. The fraction of sp³-hybridized carbons (Fsp3) is 0.462. The lowest BCUT2D eigenvalue weighted by atomic mass is 10.1. The molecule has 0 radical (unpaired) electrons. The zero-order valence-electron chi connectivity index (χ0n) is 11.9. The van der Waals surface area contributed by atoms with E-state index in [0.717, 1.165) is 5.56 Å². The molecule has 1 aromatic rings. The van der Waals surface area contributed by atoms with E-state index in [0.29, 0.717) is 11.3 Å². The van der Waals surface area contributed by atoms with Crippen LogP contribution in [0.15, 0.2) is 18.2 Å². The number of ether oxygens (including phenoxy) is 1. The van der Waals surface area contributed by atoms with Crippen LogP contribution in [0.4, 0.5) is 10.5 Å². The van der Waals surface area contributed by atoms with Gasteiger partial charge in [0.15, 0.2) is 0 Å². The molecule has 0 aliphatic rings. The van der Waals surface area contributed by atoms with Gasteiger partial charge in [0.1, 0.15) is 5.60 Å². The van der Waals surface area contributed by atoms with Gasteiger partial charge < -0.3 is 4.74 Å². The minimum atomic E-state index is -3.59. The van der Waals surface area contributed by atoms with E-state index in [1.54, 1.807) is 45.9 Å². The summed E-state index contributed by atoms with van der Waals surface area (Å²) in [5.41, 5.74) is 1.28. The molecule has 1 rings (SSSR count). The quantitative estimate of drug-likeness (QED) is 0.866. The average molecular weight is 320 g/mol. The summed E-state index contributed by atoms with van der Waals surface area (Å²) in [5, 5.41) is 2.61. The van der Waals surface area contributed by atoms with Crippen LogP contribution in [0.2, 0.25) is 0 Å². The second kappa shape index (κ2) is 6.01. The molecule has 112 valence electrons. The van der Waals surface area contributed by atoms with E-state index in [9.17, 15) is 13.2 Å². The monoisotopic (exact) mass is 319 g/mol. The fourth-order valence-corrected chi connectivity index (χ4v) is 2.52. The number of halogens is 1. The van der Waals surface area contributed by atoms with Crippen molar-refractivity contribution in [1.82, 2.24) is 0 Å². The number of nitrogens with one attached hydrogen (secondary N) is 1. The summed E-state index contributed by atoms with van der Waals surface area (Å²) in [6.07, 6.45) is -0.557. The predicted molar refractivity (Wildman–Crippen MR) is 79.5 cm³/mol. The fourth-order valence-electron chi connectivity index (χ4n) is 1.57. The molecule has 0 bridgehead atoms. The van der Waals surface area contributed by atoms with Crippen LogP contribution in [0.25, 0.3) is 0 Å². The van der Waals surface area contributed by atoms with Crippen molar-refractivity contribution < 1.29 is 17.9 Å². The molecule has 0 unspecified atom stereocenters. The van der Waals surface area contributed by atoms with Crippen LogP contribution >= 0.6 is 10.7 Å². The minimum Gasteiger partial charge on any atom is -0.444 e. The molecule has 0 saturated carbocycles. The van der Waals surface area contributed by atoms with Gasteiger partial charge in [-0.1, -0.05) is 12.1 Å². The number of rotatable bonds is 3. The van der Waals surface area contributed by atoms with E-state index in [4.69, 9.17) is 15.4 Å². The topological polar surface area (TPSA) is 72.5 Å². The highest BCUT2D eigenvalue weighted by Gasteiger charge is 2.17. The Kier molecular flexibility index (Phi) is 5.05. The zero-order valence-corrected chi connectivity index (χ0v) is 13.4. The van der Waals surface area contributed by atoms with Crippen molar-refractivity contribution in [3.63, 3.8) is 0 Å². The third-order valence-electron chi connectivity index (χ3n) is 2.27. The maximum atomic E-state index is 11.6. The van der Waals surface area contributed by atoms with E-state index < -0.39 is 20.7 Å². The first kappa shape index (κ1) is 16.8. The number of benzene rings is 1. The Morgan fingerprint density at radius 1 is 1.35 bits per heavy atom. The molecule has 0 aliphatic heterocycles. The molecule has 0 aromatic heterocycles. The molecule has 0 spiro atoms. The first-order valence-corrected chi connectivity index (χ1v) is 8.46. The number of hydrogen-bond donors (Lipinski definition) is 1. The molecule has 0 atom stereocenters. The molecular weight excluding hydrogens is 302 g/mol. The van der Waals surface area contributed by atoms with Crippen LogP contribution in [0, 0.1) is 6.92 Å². The van der Waals surface area contributed by atoms with Gasteiger partial charge in [-0.2, -0.15) is 0 Å². The molecule has 1 amide bonds. The van der Waals surface area contributed by atoms with Crippen molar-refractivity contribution in [1.29, 1.82) is 0 Å². The van der Waals surface area contributed by atoms with E-state index >= 15 is 0 Å². The van der Waals surface area contributed by atoms with E-state index in [-0.39, 0.29) is 5.75 Å². The van der Waals surface area contributed by atoms with Gasteiger partial charge in [-0.3, -0.25) is 5.32 Å². The molecule has 1 aromatic carbocycles. The Morgan fingerprint density at radius 2 is 1.95 bits per heavy atom. The summed E-state index contributed by atoms with van der Waals surface area (Å²) in [4.78, 5) is 11.6. The van der Waals surface area contributed by atoms with Gasteiger partial charge in [-0.25, -0.2) is 13.2 Å². The molecule has 0 heterocycles. The van der Waals surface area contributed by atoms with E-state index in [1.807, 2.05) is 0 Å². The summed E-state index contributed by atoms with van der Waals surface area (Å²) >= 11 is 0. The van der Waals surface area contributed by atoms with Crippen LogP contribution in [-0.4, -0.2) is 20.1 Å². The van der Waals surface area contributed by atoms with Crippen LogP contribution in [0.1, 0.15) is 31.9 Å². The third-order valence-corrected chi connectivity index (χ3v) is 3.27. The standard InChI is InChI=1S/C13H18ClNO4S/c1-9-7-10(8-20(14,17)18)5-6-11(9)15-12(16)19-13(2,3)4/h5-7H,8H2,1-4H3,(H,15,16).